The first-order valence-corrected chi connectivity index (χ1v) is 7.26. The second kappa shape index (κ2) is 9.06. The highest BCUT2D eigenvalue weighted by atomic mass is 35.5. The molecule has 114 valence electrons. The lowest BCUT2D eigenvalue weighted by molar-refractivity contribution is 0.108. The second-order valence-electron chi connectivity index (χ2n) is 5.11. The van der Waals surface area contributed by atoms with Gasteiger partial charge in [-0.2, -0.15) is 0 Å². The molecule has 0 aromatic heterocycles. The molecular weight excluding hydrogens is 278 g/mol. The molecule has 1 rings (SSSR count). The Hall–Kier alpha value is -0.970. The number of halogens is 1. The minimum atomic E-state index is 0.139. The van der Waals surface area contributed by atoms with Crippen LogP contribution in [-0.2, 0) is 11.3 Å². The number of aromatic hydroxyl groups is 1. The van der Waals surface area contributed by atoms with Gasteiger partial charge in [0.05, 0.1) is 7.11 Å². The summed E-state index contributed by atoms with van der Waals surface area (Å²) in [6, 6.07) is 3.34. The van der Waals surface area contributed by atoms with Gasteiger partial charge in [0, 0.05) is 36.4 Å². The molecule has 0 unspecified atom stereocenters. The van der Waals surface area contributed by atoms with Gasteiger partial charge in [0.25, 0.3) is 0 Å². The lowest BCUT2D eigenvalue weighted by atomic mass is 10.2. The van der Waals surface area contributed by atoms with E-state index in [1.165, 1.54) is 7.11 Å². The van der Waals surface area contributed by atoms with Crippen LogP contribution in [0.5, 0.6) is 11.5 Å². The molecule has 0 heterocycles. The molecule has 0 aliphatic carbocycles. The van der Waals surface area contributed by atoms with Gasteiger partial charge in [-0.25, -0.2) is 0 Å². The molecule has 20 heavy (non-hydrogen) atoms. The molecule has 1 aromatic rings. The molecule has 5 heteroatoms. The molecule has 2 N–H and O–H groups in total. The van der Waals surface area contributed by atoms with Gasteiger partial charge >= 0.3 is 0 Å². The maximum absolute atomic E-state index is 9.97. The molecule has 0 bridgehead atoms. The average Bonchev–Trinajstić information content (AvgIpc) is 2.40. The summed E-state index contributed by atoms with van der Waals surface area (Å²) in [5.41, 5.74) is 0.734. The third-order valence-corrected chi connectivity index (χ3v) is 2.97. The van der Waals surface area contributed by atoms with Crippen molar-refractivity contribution < 1.29 is 14.6 Å². The van der Waals surface area contributed by atoms with Crippen molar-refractivity contribution in [1.29, 1.82) is 0 Å². The second-order valence-corrected chi connectivity index (χ2v) is 5.55. The van der Waals surface area contributed by atoms with E-state index in [1.54, 1.807) is 12.1 Å². The third kappa shape index (κ3) is 5.99. The lowest BCUT2D eigenvalue weighted by Gasteiger charge is -2.11. The van der Waals surface area contributed by atoms with Crippen molar-refractivity contribution in [3.63, 3.8) is 0 Å². The van der Waals surface area contributed by atoms with Crippen molar-refractivity contribution in [2.45, 2.75) is 26.8 Å². The van der Waals surface area contributed by atoms with Crippen LogP contribution in [0.4, 0.5) is 0 Å². The van der Waals surface area contributed by atoms with Gasteiger partial charge < -0.3 is 19.9 Å². The highest BCUT2D eigenvalue weighted by Gasteiger charge is 2.09. The summed E-state index contributed by atoms with van der Waals surface area (Å²) in [4.78, 5) is 0. The van der Waals surface area contributed by atoms with Crippen LogP contribution in [0.25, 0.3) is 0 Å². The SMILES string of the molecule is COc1cc(Cl)cc(CNCCCOCC(C)C)c1O. The summed E-state index contributed by atoms with van der Waals surface area (Å²) < 4.78 is 10.6. The van der Waals surface area contributed by atoms with E-state index in [2.05, 4.69) is 19.2 Å². The minimum Gasteiger partial charge on any atom is -0.504 e. The Balaban J connectivity index is 2.30. The van der Waals surface area contributed by atoms with E-state index in [-0.39, 0.29) is 5.75 Å². The van der Waals surface area contributed by atoms with Crippen LogP contribution in [0.2, 0.25) is 5.02 Å². The van der Waals surface area contributed by atoms with Crippen LogP contribution in [0.1, 0.15) is 25.8 Å². The normalized spacial score (nSPS) is 11.1. The van der Waals surface area contributed by atoms with Crippen LogP contribution in [-0.4, -0.2) is 32.0 Å². The van der Waals surface area contributed by atoms with Crippen molar-refractivity contribution in [2.75, 3.05) is 26.9 Å². The van der Waals surface area contributed by atoms with Crippen molar-refractivity contribution in [1.82, 2.24) is 5.32 Å². The number of phenols is 1. The molecule has 0 fully saturated rings. The van der Waals surface area contributed by atoms with Crippen LogP contribution in [0.15, 0.2) is 12.1 Å². The monoisotopic (exact) mass is 301 g/mol. The third-order valence-electron chi connectivity index (χ3n) is 2.75. The van der Waals surface area contributed by atoms with Gasteiger partial charge in [0.1, 0.15) is 0 Å². The zero-order valence-electron chi connectivity index (χ0n) is 12.4. The number of ether oxygens (including phenoxy) is 2. The summed E-state index contributed by atoms with van der Waals surface area (Å²) >= 11 is 5.97. The Bertz CT molecular complexity index is 410. The van der Waals surface area contributed by atoms with Crippen molar-refractivity contribution >= 4 is 11.6 Å². The summed E-state index contributed by atoms with van der Waals surface area (Å²) in [5, 5.41) is 13.8. The first kappa shape index (κ1) is 17.1. The molecule has 0 saturated heterocycles. The molecule has 0 spiro atoms. The minimum absolute atomic E-state index is 0.139. The molecule has 0 aliphatic rings. The summed E-state index contributed by atoms with van der Waals surface area (Å²) in [6.45, 7) is 7.18. The highest BCUT2D eigenvalue weighted by molar-refractivity contribution is 6.30. The average molecular weight is 302 g/mol. The molecule has 4 nitrogen and oxygen atoms in total. The van der Waals surface area contributed by atoms with Crippen molar-refractivity contribution in [3.05, 3.63) is 22.7 Å². The first-order chi connectivity index (χ1) is 9.54. The van der Waals surface area contributed by atoms with Crippen LogP contribution >= 0.6 is 11.6 Å². The Kier molecular flexibility index (Phi) is 7.73. The Morgan fingerprint density at radius 1 is 1.35 bits per heavy atom. The molecule has 1 aromatic carbocycles. The van der Waals surface area contributed by atoms with E-state index in [0.29, 0.717) is 23.2 Å². The highest BCUT2D eigenvalue weighted by Crippen LogP contribution is 2.33. The Morgan fingerprint density at radius 3 is 2.75 bits per heavy atom. The fraction of sp³-hybridized carbons (Fsp3) is 0.600. The van der Waals surface area contributed by atoms with E-state index in [4.69, 9.17) is 21.1 Å². The van der Waals surface area contributed by atoms with Crippen LogP contribution in [0.3, 0.4) is 0 Å². The molecule has 0 amide bonds. The number of nitrogens with one attached hydrogen (secondary N) is 1. The van der Waals surface area contributed by atoms with Gasteiger partial charge in [-0.15, -0.1) is 0 Å². The van der Waals surface area contributed by atoms with Crippen molar-refractivity contribution in [3.8, 4) is 11.5 Å². The molecule has 0 saturated carbocycles. The molecule has 0 atom stereocenters. The zero-order chi connectivity index (χ0) is 15.0. The lowest BCUT2D eigenvalue weighted by Crippen LogP contribution is -2.17. The molecule has 0 aliphatic heterocycles. The van der Waals surface area contributed by atoms with E-state index < -0.39 is 0 Å². The first-order valence-electron chi connectivity index (χ1n) is 6.88. The van der Waals surface area contributed by atoms with Crippen LogP contribution < -0.4 is 10.1 Å². The topological polar surface area (TPSA) is 50.7 Å². The Morgan fingerprint density at radius 2 is 2.10 bits per heavy atom. The van der Waals surface area contributed by atoms with Crippen LogP contribution in [0, 0.1) is 5.92 Å². The quantitative estimate of drug-likeness (QED) is 0.688. The maximum atomic E-state index is 9.97. The number of rotatable bonds is 9. The maximum Gasteiger partial charge on any atom is 0.162 e. The van der Waals surface area contributed by atoms with Gasteiger partial charge in [0.2, 0.25) is 0 Å². The number of methoxy groups -OCH3 is 1. The fourth-order valence-corrected chi connectivity index (χ4v) is 1.99. The fourth-order valence-electron chi connectivity index (χ4n) is 1.76. The largest absolute Gasteiger partial charge is 0.504 e. The molecule has 0 radical (unpaired) electrons. The molecular formula is C15H24ClNO3. The van der Waals surface area contributed by atoms with E-state index in [0.717, 1.165) is 31.7 Å². The predicted octanol–water partition coefficient (Wildman–Crippen LogP) is 3.21. The number of benzene rings is 1. The predicted molar refractivity (Wildman–Crippen MR) is 81.6 cm³/mol. The van der Waals surface area contributed by atoms with Gasteiger partial charge in [-0.3, -0.25) is 0 Å². The summed E-state index contributed by atoms with van der Waals surface area (Å²) in [6.07, 6.45) is 0.936. The Labute approximate surface area is 126 Å². The number of phenolic OH excluding ortho intramolecular Hbond substituents is 1. The summed E-state index contributed by atoms with van der Waals surface area (Å²) in [7, 11) is 1.51. The summed E-state index contributed by atoms with van der Waals surface area (Å²) in [5.74, 6) is 1.11. The van der Waals surface area contributed by atoms with Gasteiger partial charge in [0.15, 0.2) is 11.5 Å². The number of hydrogen-bond acceptors (Lipinski definition) is 4. The standard InChI is InChI=1S/C15H24ClNO3/c1-11(2)10-20-6-4-5-17-9-12-7-13(16)8-14(19-3)15(12)18/h7-8,11,17-18H,4-6,9-10H2,1-3H3. The zero-order valence-corrected chi connectivity index (χ0v) is 13.2. The van der Waals surface area contributed by atoms with E-state index in [9.17, 15) is 5.11 Å². The van der Waals surface area contributed by atoms with Gasteiger partial charge in [-0.1, -0.05) is 25.4 Å². The van der Waals surface area contributed by atoms with E-state index in [1.807, 2.05) is 0 Å². The van der Waals surface area contributed by atoms with Crippen molar-refractivity contribution in [2.24, 2.45) is 5.92 Å². The smallest absolute Gasteiger partial charge is 0.162 e. The van der Waals surface area contributed by atoms with Gasteiger partial charge in [-0.05, 0) is 24.9 Å². The number of hydrogen-bond donors (Lipinski definition) is 2. The van der Waals surface area contributed by atoms with E-state index >= 15 is 0 Å².